The maximum absolute atomic E-state index is 10.00. The van der Waals surface area contributed by atoms with Crippen molar-refractivity contribution in [2.45, 2.75) is 13.8 Å². The van der Waals surface area contributed by atoms with Crippen LogP contribution in [-0.4, -0.2) is 21.9 Å². The molecule has 0 aromatic heterocycles. The maximum atomic E-state index is 10.00. The molecule has 3 N–H and O–H groups in total. The molecule has 0 saturated heterocycles. The van der Waals surface area contributed by atoms with Crippen molar-refractivity contribution in [3.05, 3.63) is 59.2 Å². The van der Waals surface area contributed by atoms with Crippen LogP contribution < -0.4 is 4.74 Å². The SMILES string of the molecule is CC(C)=CCOc1c(O)cc(C=Cc2ccc(O)cc2)cc1O. The molecule has 0 amide bonds. The zero-order valence-corrected chi connectivity index (χ0v) is 13.2. The van der Waals surface area contributed by atoms with Gasteiger partial charge in [-0.2, -0.15) is 0 Å². The first kappa shape index (κ1) is 16.5. The number of benzene rings is 2. The quantitative estimate of drug-likeness (QED) is 0.568. The summed E-state index contributed by atoms with van der Waals surface area (Å²) in [5.41, 5.74) is 2.63. The molecule has 0 atom stereocenters. The third kappa shape index (κ3) is 4.81. The lowest BCUT2D eigenvalue weighted by Crippen LogP contribution is -1.95. The minimum Gasteiger partial charge on any atom is -0.508 e. The van der Waals surface area contributed by atoms with E-state index in [4.69, 9.17) is 4.74 Å². The van der Waals surface area contributed by atoms with E-state index in [0.717, 1.165) is 11.1 Å². The lowest BCUT2D eigenvalue weighted by Gasteiger charge is -2.09. The summed E-state index contributed by atoms with van der Waals surface area (Å²) in [4.78, 5) is 0. The van der Waals surface area contributed by atoms with Crippen LogP contribution in [0.1, 0.15) is 25.0 Å². The van der Waals surface area contributed by atoms with Gasteiger partial charge in [-0.15, -0.1) is 0 Å². The van der Waals surface area contributed by atoms with Gasteiger partial charge in [0.2, 0.25) is 5.75 Å². The van der Waals surface area contributed by atoms with E-state index in [-0.39, 0.29) is 29.6 Å². The molecule has 0 aliphatic heterocycles. The summed E-state index contributed by atoms with van der Waals surface area (Å²) < 4.78 is 5.38. The Morgan fingerprint density at radius 3 is 2.04 bits per heavy atom. The first-order chi connectivity index (χ1) is 11.0. The van der Waals surface area contributed by atoms with E-state index in [1.165, 1.54) is 12.1 Å². The van der Waals surface area contributed by atoms with Crippen molar-refractivity contribution in [3.63, 3.8) is 0 Å². The van der Waals surface area contributed by atoms with Crippen LogP contribution in [0.2, 0.25) is 0 Å². The topological polar surface area (TPSA) is 69.9 Å². The molecule has 0 aliphatic carbocycles. The first-order valence-electron chi connectivity index (χ1n) is 7.25. The third-order valence-corrected chi connectivity index (χ3v) is 3.15. The van der Waals surface area contributed by atoms with Crippen molar-refractivity contribution >= 4 is 12.2 Å². The highest BCUT2D eigenvalue weighted by Gasteiger charge is 2.09. The van der Waals surface area contributed by atoms with Crippen LogP contribution in [0.5, 0.6) is 23.0 Å². The Kier molecular flexibility index (Phi) is 5.31. The van der Waals surface area contributed by atoms with Crippen LogP contribution >= 0.6 is 0 Å². The molecule has 0 fully saturated rings. The van der Waals surface area contributed by atoms with E-state index in [1.807, 2.05) is 26.0 Å². The van der Waals surface area contributed by atoms with Crippen molar-refractivity contribution in [3.8, 4) is 23.0 Å². The van der Waals surface area contributed by atoms with Crippen molar-refractivity contribution in [2.75, 3.05) is 6.61 Å². The standard InChI is InChI=1S/C19H20O4/c1-13(2)9-10-23-19-17(21)11-15(12-18(19)22)4-3-14-5-7-16(20)8-6-14/h3-9,11-12,20-22H,10H2,1-2H3. The molecule has 4 heteroatoms. The average Bonchev–Trinajstić information content (AvgIpc) is 2.49. The number of phenols is 3. The average molecular weight is 312 g/mol. The van der Waals surface area contributed by atoms with E-state index in [0.29, 0.717) is 5.56 Å². The number of hydrogen-bond acceptors (Lipinski definition) is 4. The fraction of sp³-hybridized carbons (Fsp3) is 0.158. The number of allylic oxidation sites excluding steroid dienone is 1. The van der Waals surface area contributed by atoms with Crippen LogP contribution in [0.15, 0.2) is 48.0 Å². The zero-order chi connectivity index (χ0) is 16.8. The number of aromatic hydroxyl groups is 3. The highest BCUT2D eigenvalue weighted by Crippen LogP contribution is 2.37. The van der Waals surface area contributed by atoms with E-state index in [9.17, 15) is 15.3 Å². The molecule has 2 aromatic rings. The Morgan fingerprint density at radius 2 is 1.48 bits per heavy atom. The second-order valence-electron chi connectivity index (χ2n) is 5.41. The van der Waals surface area contributed by atoms with Gasteiger partial charge in [0, 0.05) is 0 Å². The molecule has 0 radical (unpaired) electrons. The zero-order valence-electron chi connectivity index (χ0n) is 13.2. The van der Waals surface area contributed by atoms with Gasteiger partial charge >= 0.3 is 0 Å². The summed E-state index contributed by atoms with van der Waals surface area (Å²) in [6, 6.07) is 9.76. The first-order valence-corrected chi connectivity index (χ1v) is 7.25. The fourth-order valence-electron chi connectivity index (χ4n) is 1.93. The third-order valence-electron chi connectivity index (χ3n) is 3.15. The fourth-order valence-corrected chi connectivity index (χ4v) is 1.93. The van der Waals surface area contributed by atoms with Crippen molar-refractivity contribution in [1.29, 1.82) is 0 Å². The smallest absolute Gasteiger partial charge is 0.203 e. The lowest BCUT2D eigenvalue weighted by atomic mass is 10.1. The number of ether oxygens (including phenoxy) is 1. The van der Waals surface area contributed by atoms with Crippen LogP contribution in [0, 0.1) is 0 Å². The van der Waals surface area contributed by atoms with Crippen LogP contribution in [0.3, 0.4) is 0 Å². The molecule has 23 heavy (non-hydrogen) atoms. The van der Waals surface area contributed by atoms with Crippen molar-refractivity contribution in [1.82, 2.24) is 0 Å². The van der Waals surface area contributed by atoms with Gasteiger partial charge in [0.25, 0.3) is 0 Å². The number of hydrogen-bond donors (Lipinski definition) is 3. The molecular weight excluding hydrogens is 292 g/mol. The van der Waals surface area contributed by atoms with Gasteiger partial charge in [-0.25, -0.2) is 0 Å². The van der Waals surface area contributed by atoms with Crippen molar-refractivity contribution in [2.24, 2.45) is 0 Å². The maximum Gasteiger partial charge on any atom is 0.203 e. The minimum atomic E-state index is -0.113. The van der Waals surface area contributed by atoms with Crippen molar-refractivity contribution < 1.29 is 20.1 Å². The van der Waals surface area contributed by atoms with Gasteiger partial charge in [0.05, 0.1) is 0 Å². The molecular formula is C19H20O4. The Hall–Kier alpha value is -2.88. The second-order valence-corrected chi connectivity index (χ2v) is 5.41. The molecule has 2 rings (SSSR count). The van der Waals surface area contributed by atoms with Gasteiger partial charge in [-0.05, 0) is 55.3 Å². The number of rotatable bonds is 5. The monoisotopic (exact) mass is 312 g/mol. The molecule has 120 valence electrons. The predicted octanol–water partition coefficient (Wildman–Crippen LogP) is 4.32. The molecule has 2 aromatic carbocycles. The molecule has 0 spiro atoms. The van der Waals surface area contributed by atoms with Gasteiger partial charge in [0.1, 0.15) is 12.4 Å². The minimum absolute atomic E-state index is 0.0734. The summed E-state index contributed by atoms with van der Waals surface area (Å²) in [7, 11) is 0. The molecule has 0 unspecified atom stereocenters. The molecule has 0 bridgehead atoms. The van der Waals surface area contributed by atoms with E-state index in [1.54, 1.807) is 30.3 Å². The highest BCUT2D eigenvalue weighted by atomic mass is 16.5. The molecule has 0 saturated carbocycles. The highest BCUT2D eigenvalue weighted by molar-refractivity contribution is 5.72. The van der Waals surface area contributed by atoms with E-state index in [2.05, 4.69) is 0 Å². The molecule has 0 aliphatic rings. The normalized spacial score (nSPS) is 10.7. The van der Waals surface area contributed by atoms with E-state index < -0.39 is 0 Å². The summed E-state index contributed by atoms with van der Waals surface area (Å²) in [5.74, 6) is 0.0506. The Bertz CT molecular complexity index is 701. The summed E-state index contributed by atoms with van der Waals surface area (Å²) in [6.45, 7) is 4.17. The second kappa shape index (κ2) is 7.40. The van der Waals surface area contributed by atoms with Gasteiger partial charge < -0.3 is 20.1 Å². The lowest BCUT2D eigenvalue weighted by molar-refractivity contribution is 0.313. The van der Waals surface area contributed by atoms with E-state index >= 15 is 0 Å². The van der Waals surface area contributed by atoms with Crippen LogP contribution in [0.25, 0.3) is 12.2 Å². The van der Waals surface area contributed by atoms with Crippen LogP contribution in [0.4, 0.5) is 0 Å². The Labute approximate surface area is 135 Å². The van der Waals surface area contributed by atoms with Gasteiger partial charge in [-0.3, -0.25) is 0 Å². The van der Waals surface area contributed by atoms with Gasteiger partial charge in [0.15, 0.2) is 11.5 Å². The summed E-state index contributed by atoms with van der Waals surface area (Å²) in [5, 5.41) is 29.2. The van der Waals surface area contributed by atoms with Crippen LogP contribution in [-0.2, 0) is 0 Å². The largest absolute Gasteiger partial charge is 0.508 e. The van der Waals surface area contributed by atoms with Gasteiger partial charge in [-0.1, -0.05) is 29.9 Å². The predicted molar refractivity (Wildman–Crippen MR) is 91.7 cm³/mol. The molecule has 0 heterocycles. The Morgan fingerprint density at radius 1 is 0.913 bits per heavy atom. The summed E-state index contributed by atoms with van der Waals surface area (Å²) >= 11 is 0. The number of phenolic OH excluding ortho intramolecular Hbond substituents is 3. The molecule has 4 nitrogen and oxygen atoms in total. The Balaban J connectivity index is 2.15. The summed E-state index contributed by atoms with van der Waals surface area (Å²) in [6.07, 6.45) is 5.43.